The molecule has 5 nitrogen and oxygen atoms in total. The highest BCUT2D eigenvalue weighted by atomic mass is 16.3. The Bertz CT molecular complexity index is 815. The predicted octanol–water partition coefficient (Wildman–Crippen LogP) is 3.11. The molecule has 0 aliphatic rings. The highest BCUT2D eigenvalue weighted by Crippen LogP contribution is 2.18. The van der Waals surface area contributed by atoms with Gasteiger partial charge in [-0.2, -0.15) is 5.10 Å². The maximum Gasteiger partial charge on any atom is 0.254 e. The third-order valence-electron chi connectivity index (χ3n) is 4.00. The predicted molar refractivity (Wildman–Crippen MR) is 96.5 cm³/mol. The number of aliphatic hydroxyl groups is 1. The van der Waals surface area contributed by atoms with Gasteiger partial charge in [0.15, 0.2) is 0 Å². The van der Waals surface area contributed by atoms with E-state index < -0.39 is 6.10 Å². The van der Waals surface area contributed by atoms with Gasteiger partial charge in [-0.1, -0.05) is 48.5 Å². The molecule has 0 aliphatic carbocycles. The normalized spacial score (nSPS) is 13.2. The molecule has 0 spiro atoms. The van der Waals surface area contributed by atoms with Gasteiger partial charge in [-0.25, -0.2) is 4.68 Å². The van der Waals surface area contributed by atoms with Crippen LogP contribution in [0.4, 0.5) is 0 Å². The van der Waals surface area contributed by atoms with Gasteiger partial charge in [0.2, 0.25) is 0 Å². The van der Waals surface area contributed by atoms with Crippen LogP contribution in [0.3, 0.4) is 0 Å². The number of aliphatic hydroxyl groups excluding tert-OH is 1. The lowest BCUT2D eigenvalue weighted by Crippen LogP contribution is -2.33. The summed E-state index contributed by atoms with van der Waals surface area (Å²) in [6.45, 7) is 1.88. The number of nitrogens with zero attached hydrogens (tertiary/aromatic N) is 2. The van der Waals surface area contributed by atoms with Gasteiger partial charge in [0, 0.05) is 12.2 Å². The van der Waals surface area contributed by atoms with Crippen LogP contribution in [-0.2, 0) is 0 Å². The monoisotopic (exact) mass is 335 g/mol. The van der Waals surface area contributed by atoms with Crippen molar-refractivity contribution in [3.05, 3.63) is 84.2 Å². The number of benzene rings is 2. The number of amides is 1. The van der Waals surface area contributed by atoms with E-state index in [1.165, 1.54) is 0 Å². The molecule has 2 N–H and O–H groups in total. The first kappa shape index (κ1) is 16.9. The molecule has 1 amide bonds. The fraction of sp³-hybridized carbons (Fsp3) is 0.200. The zero-order valence-electron chi connectivity index (χ0n) is 14.0. The van der Waals surface area contributed by atoms with Crippen molar-refractivity contribution in [2.24, 2.45) is 0 Å². The van der Waals surface area contributed by atoms with Crippen LogP contribution in [-0.4, -0.2) is 26.8 Å². The molecule has 128 valence electrons. The average molecular weight is 335 g/mol. The number of hydrogen-bond donors (Lipinski definition) is 2. The SMILES string of the molecule is CC(CC(O)c1ccccc1)NC(=O)c1cnn(-c2ccccc2)c1. The Hall–Kier alpha value is -2.92. The summed E-state index contributed by atoms with van der Waals surface area (Å²) in [7, 11) is 0. The lowest BCUT2D eigenvalue weighted by Gasteiger charge is -2.17. The topological polar surface area (TPSA) is 67.2 Å². The second-order valence-corrected chi connectivity index (χ2v) is 6.05. The quantitative estimate of drug-likeness (QED) is 0.727. The molecule has 0 radical (unpaired) electrons. The average Bonchev–Trinajstić information content (AvgIpc) is 3.13. The molecule has 25 heavy (non-hydrogen) atoms. The van der Waals surface area contributed by atoms with Crippen molar-refractivity contribution in [3.8, 4) is 5.69 Å². The van der Waals surface area contributed by atoms with E-state index in [0.717, 1.165) is 11.3 Å². The Labute approximate surface area is 146 Å². The maximum atomic E-state index is 12.4. The summed E-state index contributed by atoms with van der Waals surface area (Å²) in [5.41, 5.74) is 2.24. The first-order valence-electron chi connectivity index (χ1n) is 8.27. The summed E-state index contributed by atoms with van der Waals surface area (Å²) in [5, 5.41) is 17.4. The van der Waals surface area contributed by atoms with E-state index in [1.54, 1.807) is 17.1 Å². The van der Waals surface area contributed by atoms with Crippen molar-refractivity contribution in [3.63, 3.8) is 0 Å². The van der Waals surface area contributed by atoms with Gasteiger partial charge in [0.05, 0.1) is 23.6 Å². The molecule has 1 heterocycles. The fourth-order valence-electron chi connectivity index (χ4n) is 2.67. The van der Waals surface area contributed by atoms with Crippen molar-refractivity contribution < 1.29 is 9.90 Å². The summed E-state index contributed by atoms with van der Waals surface area (Å²) >= 11 is 0. The van der Waals surface area contributed by atoms with Gasteiger partial charge in [0.25, 0.3) is 5.91 Å². The molecule has 0 fully saturated rings. The number of nitrogens with one attached hydrogen (secondary N) is 1. The summed E-state index contributed by atoms with van der Waals surface area (Å²) in [6, 6.07) is 18.9. The first-order valence-corrected chi connectivity index (χ1v) is 8.27. The van der Waals surface area contributed by atoms with Gasteiger partial charge in [0.1, 0.15) is 0 Å². The Balaban J connectivity index is 1.59. The standard InChI is InChI=1S/C20H21N3O2/c1-15(12-19(24)16-8-4-2-5-9-16)22-20(25)17-13-21-23(14-17)18-10-6-3-7-11-18/h2-11,13-15,19,24H,12H2,1H3,(H,22,25). The highest BCUT2D eigenvalue weighted by Gasteiger charge is 2.16. The molecule has 0 saturated heterocycles. The lowest BCUT2D eigenvalue weighted by atomic mass is 10.0. The number of aromatic nitrogens is 2. The molecule has 2 aromatic carbocycles. The van der Waals surface area contributed by atoms with Crippen molar-refractivity contribution in [2.45, 2.75) is 25.5 Å². The van der Waals surface area contributed by atoms with E-state index >= 15 is 0 Å². The summed E-state index contributed by atoms with van der Waals surface area (Å²) in [5.74, 6) is -0.199. The van der Waals surface area contributed by atoms with Crippen LogP contribution in [0.2, 0.25) is 0 Å². The second kappa shape index (κ2) is 7.77. The van der Waals surface area contributed by atoms with Crippen molar-refractivity contribution in [1.29, 1.82) is 0 Å². The molecule has 0 aliphatic heterocycles. The van der Waals surface area contributed by atoms with Crippen molar-refractivity contribution in [2.75, 3.05) is 0 Å². The van der Waals surface area contributed by atoms with Gasteiger partial charge in [-0.05, 0) is 31.0 Å². The van der Waals surface area contributed by atoms with Crippen LogP contribution in [0.1, 0.15) is 35.4 Å². The van der Waals surface area contributed by atoms with Gasteiger partial charge in [-0.3, -0.25) is 4.79 Å². The van der Waals surface area contributed by atoms with Crippen LogP contribution in [0.15, 0.2) is 73.1 Å². The summed E-state index contributed by atoms with van der Waals surface area (Å²) in [6.07, 6.45) is 3.08. The Kier molecular flexibility index (Phi) is 5.26. The minimum Gasteiger partial charge on any atom is -0.388 e. The minimum absolute atomic E-state index is 0.164. The molecule has 0 saturated carbocycles. The van der Waals surface area contributed by atoms with E-state index in [4.69, 9.17) is 0 Å². The Morgan fingerprint density at radius 1 is 1.12 bits per heavy atom. The van der Waals surface area contributed by atoms with Crippen LogP contribution in [0.5, 0.6) is 0 Å². The third kappa shape index (κ3) is 4.33. The first-order chi connectivity index (χ1) is 12.1. The molecule has 0 bridgehead atoms. The van der Waals surface area contributed by atoms with Crippen LogP contribution < -0.4 is 5.32 Å². The second-order valence-electron chi connectivity index (χ2n) is 6.05. The molecule has 3 aromatic rings. The molecule has 5 heteroatoms. The van der Waals surface area contributed by atoms with E-state index in [0.29, 0.717) is 12.0 Å². The van der Waals surface area contributed by atoms with E-state index in [-0.39, 0.29) is 11.9 Å². The number of para-hydroxylation sites is 1. The Morgan fingerprint density at radius 2 is 1.76 bits per heavy atom. The van der Waals surface area contributed by atoms with Crippen LogP contribution in [0, 0.1) is 0 Å². The number of hydrogen-bond acceptors (Lipinski definition) is 3. The molecule has 1 aromatic heterocycles. The van der Waals surface area contributed by atoms with E-state index in [9.17, 15) is 9.90 Å². The van der Waals surface area contributed by atoms with Gasteiger partial charge in [-0.15, -0.1) is 0 Å². The van der Waals surface area contributed by atoms with Gasteiger partial charge < -0.3 is 10.4 Å². The largest absolute Gasteiger partial charge is 0.388 e. The molecule has 2 atom stereocenters. The molecular weight excluding hydrogens is 314 g/mol. The maximum absolute atomic E-state index is 12.4. The fourth-order valence-corrected chi connectivity index (χ4v) is 2.67. The molecule has 2 unspecified atom stereocenters. The van der Waals surface area contributed by atoms with Crippen LogP contribution in [0.25, 0.3) is 5.69 Å². The molecular formula is C20H21N3O2. The minimum atomic E-state index is -0.608. The zero-order valence-corrected chi connectivity index (χ0v) is 14.0. The Morgan fingerprint density at radius 3 is 2.44 bits per heavy atom. The van der Waals surface area contributed by atoms with E-state index in [2.05, 4.69) is 10.4 Å². The highest BCUT2D eigenvalue weighted by molar-refractivity contribution is 5.93. The smallest absolute Gasteiger partial charge is 0.254 e. The summed E-state index contributed by atoms with van der Waals surface area (Å²) in [4.78, 5) is 12.4. The summed E-state index contributed by atoms with van der Waals surface area (Å²) < 4.78 is 1.67. The zero-order chi connectivity index (χ0) is 17.6. The van der Waals surface area contributed by atoms with Crippen LogP contribution >= 0.6 is 0 Å². The van der Waals surface area contributed by atoms with Crippen molar-refractivity contribution in [1.82, 2.24) is 15.1 Å². The number of carbonyl (C=O) groups excluding carboxylic acids is 1. The number of rotatable bonds is 6. The number of carbonyl (C=O) groups is 1. The van der Waals surface area contributed by atoms with Gasteiger partial charge >= 0.3 is 0 Å². The van der Waals surface area contributed by atoms with E-state index in [1.807, 2.05) is 67.6 Å². The third-order valence-corrected chi connectivity index (χ3v) is 4.00. The lowest BCUT2D eigenvalue weighted by molar-refractivity contribution is 0.0917. The molecule has 3 rings (SSSR count). The van der Waals surface area contributed by atoms with Crippen molar-refractivity contribution >= 4 is 5.91 Å².